The van der Waals surface area contributed by atoms with Crippen LogP contribution in [0.5, 0.6) is 5.75 Å². The molecule has 0 fully saturated rings. The fourth-order valence-electron chi connectivity index (χ4n) is 4.01. The summed E-state index contributed by atoms with van der Waals surface area (Å²) in [6.07, 6.45) is 4.73. The van der Waals surface area contributed by atoms with Crippen molar-refractivity contribution in [2.24, 2.45) is 5.10 Å². The van der Waals surface area contributed by atoms with E-state index in [-0.39, 0.29) is 12.4 Å². The van der Waals surface area contributed by atoms with E-state index in [1.807, 2.05) is 19.1 Å². The van der Waals surface area contributed by atoms with Crippen LogP contribution in [0.1, 0.15) is 62.0 Å². The number of nitrogens with zero attached hydrogens (tertiary/aromatic N) is 1. The van der Waals surface area contributed by atoms with Crippen molar-refractivity contribution in [1.29, 1.82) is 0 Å². The molecule has 1 aliphatic carbocycles. The fraction of sp³-hybridized carbons (Fsp3) is 0.250. The van der Waals surface area contributed by atoms with Crippen LogP contribution in [-0.4, -0.2) is 36.6 Å². The molecular formula is C28H26BrN3O6S. The third kappa shape index (κ3) is 6.98. The second kappa shape index (κ2) is 12.8. The number of hydrogen-bond donors (Lipinski definition) is 2. The smallest absolute Gasteiger partial charge is 0.343 e. The van der Waals surface area contributed by atoms with E-state index in [4.69, 9.17) is 9.47 Å². The van der Waals surface area contributed by atoms with Crippen LogP contribution in [0.4, 0.5) is 5.00 Å². The number of anilines is 1. The SMILES string of the molecule is CCOC(=O)c1c(NC(=O)C(=O)N/N=C/c2cc(Br)ccc2OC(=O)c2ccc(C)cc2)sc2c1CCCC2. The Morgan fingerprint density at radius 2 is 1.77 bits per heavy atom. The van der Waals surface area contributed by atoms with Crippen LogP contribution in [-0.2, 0) is 27.2 Å². The molecule has 1 heterocycles. The Bertz CT molecular complexity index is 1450. The summed E-state index contributed by atoms with van der Waals surface area (Å²) in [5.41, 5.74) is 5.15. The number of rotatable bonds is 7. The minimum atomic E-state index is -1.03. The summed E-state index contributed by atoms with van der Waals surface area (Å²) in [6, 6.07) is 11.9. The Kier molecular flexibility index (Phi) is 9.26. The quantitative estimate of drug-likeness (QED) is 0.125. The van der Waals surface area contributed by atoms with Gasteiger partial charge < -0.3 is 14.8 Å². The van der Waals surface area contributed by atoms with E-state index in [1.54, 1.807) is 37.3 Å². The maximum atomic E-state index is 12.6. The largest absolute Gasteiger partial charge is 0.462 e. The van der Waals surface area contributed by atoms with Gasteiger partial charge in [0.25, 0.3) is 0 Å². The number of halogens is 1. The van der Waals surface area contributed by atoms with Crippen molar-refractivity contribution < 1.29 is 28.7 Å². The number of carbonyl (C=O) groups excluding carboxylic acids is 4. The van der Waals surface area contributed by atoms with E-state index in [0.29, 0.717) is 26.2 Å². The molecule has 1 aromatic heterocycles. The first kappa shape index (κ1) is 28.2. The molecule has 0 radical (unpaired) electrons. The molecule has 11 heteroatoms. The summed E-state index contributed by atoms with van der Waals surface area (Å²) in [5.74, 6) is -2.86. The standard InChI is InChI=1S/C28H26BrN3O6S/c1-3-37-28(36)23-20-6-4-5-7-22(20)39-26(23)31-24(33)25(34)32-30-15-18-14-19(29)12-13-21(18)38-27(35)17-10-8-16(2)9-11-17/h8-15H,3-7H2,1-2H3,(H,31,33)(H,32,34)/b30-15+. The normalized spacial score (nSPS) is 12.5. The van der Waals surface area contributed by atoms with Gasteiger partial charge >= 0.3 is 23.8 Å². The highest BCUT2D eigenvalue weighted by Crippen LogP contribution is 2.38. The molecule has 0 aliphatic heterocycles. The highest BCUT2D eigenvalue weighted by atomic mass is 79.9. The lowest BCUT2D eigenvalue weighted by Crippen LogP contribution is -2.32. The van der Waals surface area contributed by atoms with E-state index in [0.717, 1.165) is 41.7 Å². The van der Waals surface area contributed by atoms with Gasteiger partial charge in [0.05, 0.1) is 23.9 Å². The molecule has 0 atom stereocenters. The van der Waals surface area contributed by atoms with Gasteiger partial charge in [-0.15, -0.1) is 11.3 Å². The van der Waals surface area contributed by atoms with Crippen molar-refractivity contribution >= 4 is 62.2 Å². The number of nitrogens with one attached hydrogen (secondary N) is 2. The average molecular weight is 613 g/mol. The maximum absolute atomic E-state index is 12.6. The first-order valence-corrected chi connectivity index (χ1v) is 13.9. The summed E-state index contributed by atoms with van der Waals surface area (Å²) in [6.45, 7) is 3.82. The zero-order valence-corrected chi connectivity index (χ0v) is 23.7. The van der Waals surface area contributed by atoms with Crippen molar-refractivity contribution in [3.63, 3.8) is 0 Å². The van der Waals surface area contributed by atoms with Gasteiger partial charge in [-0.1, -0.05) is 33.6 Å². The Morgan fingerprint density at radius 1 is 1.03 bits per heavy atom. The molecular weight excluding hydrogens is 586 g/mol. The molecule has 2 amide bonds. The monoisotopic (exact) mass is 611 g/mol. The van der Waals surface area contributed by atoms with Crippen LogP contribution in [0.25, 0.3) is 0 Å². The molecule has 9 nitrogen and oxygen atoms in total. The first-order valence-electron chi connectivity index (χ1n) is 12.3. The number of thiophene rings is 1. The highest BCUT2D eigenvalue weighted by Gasteiger charge is 2.28. The van der Waals surface area contributed by atoms with Crippen molar-refractivity contribution in [1.82, 2.24) is 5.43 Å². The number of aryl methyl sites for hydroxylation is 2. The summed E-state index contributed by atoms with van der Waals surface area (Å²) < 4.78 is 11.4. The second-order valence-corrected chi connectivity index (χ2v) is 10.7. The Balaban J connectivity index is 1.44. The minimum Gasteiger partial charge on any atom is -0.462 e. The lowest BCUT2D eigenvalue weighted by Gasteiger charge is -2.12. The highest BCUT2D eigenvalue weighted by molar-refractivity contribution is 9.10. The van der Waals surface area contributed by atoms with Gasteiger partial charge in [-0.3, -0.25) is 9.59 Å². The number of hydrogen-bond acceptors (Lipinski definition) is 8. The molecule has 2 N–H and O–H groups in total. The molecule has 0 spiro atoms. The first-order chi connectivity index (χ1) is 18.8. The Morgan fingerprint density at radius 3 is 2.51 bits per heavy atom. The third-order valence-corrected chi connectivity index (χ3v) is 7.62. The lowest BCUT2D eigenvalue weighted by molar-refractivity contribution is -0.136. The number of ether oxygens (including phenoxy) is 2. The van der Waals surface area contributed by atoms with Crippen molar-refractivity contribution in [2.45, 2.75) is 39.5 Å². The van der Waals surface area contributed by atoms with E-state index in [9.17, 15) is 19.2 Å². The number of carbonyl (C=O) groups is 4. The van der Waals surface area contributed by atoms with E-state index in [1.165, 1.54) is 17.6 Å². The molecule has 0 saturated carbocycles. The van der Waals surface area contributed by atoms with Crippen LogP contribution in [0.3, 0.4) is 0 Å². The lowest BCUT2D eigenvalue weighted by atomic mass is 9.95. The molecule has 202 valence electrons. The van der Waals surface area contributed by atoms with Gasteiger partial charge in [0.15, 0.2) is 0 Å². The minimum absolute atomic E-state index is 0.198. The summed E-state index contributed by atoms with van der Waals surface area (Å²) >= 11 is 4.65. The third-order valence-electron chi connectivity index (χ3n) is 5.92. The average Bonchev–Trinajstić information content (AvgIpc) is 3.28. The summed E-state index contributed by atoms with van der Waals surface area (Å²) in [7, 11) is 0. The predicted octanol–water partition coefficient (Wildman–Crippen LogP) is 5.18. The zero-order chi connectivity index (χ0) is 27.9. The van der Waals surface area contributed by atoms with Crippen LogP contribution in [0.2, 0.25) is 0 Å². The topological polar surface area (TPSA) is 123 Å². The van der Waals surface area contributed by atoms with Crippen LogP contribution < -0.4 is 15.5 Å². The van der Waals surface area contributed by atoms with Crippen molar-refractivity contribution in [2.75, 3.05) is 11.9 Å². The van der Waals surface area contributed by atoms with Gasteiger partial charge in [-0.05, 0) is 75.4 Å². The molecule has 3 aromatic rings. The molecule has 1 aliphatic rings. The Labute approximate surface area is 237 Å². The summed E-state index contributed by atoms with van der Waals surface area (Å²) in [4.78, 5) is 51.3. The molecule has 4 rings (SSSR count). The number of benzene rings is 2. The molecule has 39 heavy (non-hydrogen) atoms. The fourth-order valence-corrected chi connectivity index (χ4v) is 5.66. The second-order valence-electron chi connectivity index (χ2n) is 8.73. The number of esters is 2. The van der Waals surface area contributed by atoms with Gasteiger partial charge in [0.1, 0.15) is 10.8 Å². The van der Waals surface area contributed by atoms with Gasteiger partial charge in [-0.25, -0.2) is 15.0 Å². The number of amides is 2. The number of hydrazone groups is 1. The van der Waals surface area contributed by atoms with Gasteiger partial charge in [-0.2, -0.15) is 5.10 Å². The summed E-state index contributed by atoms with van der Waals surface area (Å²) in [5, 5.41) is 6.70. The van der Waals surface area contributed by atoms with Crippen molar-refractivity contribution in [3.05, 3.63) is 79.6 Å². The Hall–Kier alpha value is -3.83. The molecule has 0 saturated heterocycles. The maximum Gasteiger partial charge on any atom is 0.343 e. The van der Waals surface area contributed by atoms with Crippen LogP contribution in [0, 0.1) is 6.92 Å². The molecule has 0 unspecified atom stereocenters. The zero-order valence-electron chi connectivity index (χ0n) is 21.3. The van der Waals surface area contributed by atoms with Crippen molar-refractivity contribution in [3.8, 4) is 5.75 Å². The van der Waals surface area contributed by atoms with Gasteiger partial charge in [0.2, 0.25) is 0 Å². The molecule has 0 bridgehead atoms. The van der Waals surface area contributed by atoms with E-state index < -0.39 is 23.8 Å². The van der Waals surface area contributed by atoms with Gasteiger partial charge in [0, 0.05) is 14.9 Å². The molecule has 2 aromatic carbocycles. The van der Waals surface area contributed by atoms with Crippen LogP contribution in [0.15, 0.2) is 52.0 Å². The number of fused-ring (bicyclic) bond motifs is 1. The predicted molar refractivity (Wildman–Crippen MR) is 152 cm³/mol. The van der Waals surface area contributed by atoms with E-state index in [2.05, 4.69) is 31.8 Å². The van der Waals surface area contributed by atoms with E-state index >= 15 is 0 Å². The van der Waals surface area contributed by atoms with Crippen LogP contribution >= 0.6 is 27.3 Å².